The second-order valence-electron chi connectivity index (χ2n) is 5.73. The lowest BCUT2D eigenvalue weighted by Crippen LogP contribution is -2.16. The van der Waals surface area contributed by atoms with Gasteiger partial charge in [-0.1, -0.05) is 11.6 Å². The molecule has 3 heterocycles. The molecule has 0 bridgehead atoms. The zero-order valence-corrected chi connectivity index (χ0v) is 14.7. The van der Waals surface area contributed by atoms with Crippen LogP contribution in [0.2, 0.25) is 5.02 Å². The van der Waals surface area contributed by atoms with Crippen LogP contribution in [0.4, 0.5) is 0 Å². The summed E-state index contributed by atoms with van der Waals surface area (Å²) in [5.74, 6) is -0.500. The van der Waals surface area contributed by atoms with Gasteiger partial charge in [0.05, 0.1) is 22.0 Å². The summed E-state index contributed by atoms with van der Waals surface area (Å²) < 4.78 is 8.30. The van der Waals surface area contributed by atoms with Crippen molar-refractivity contribution in [2.24, 2.45) is 0 Å². The molecule has 0 atom stereocenters. The molecule has 0 N–H and O–H groups in total. The number of hydrogen-bond acceptors (Lipinski definition) is 5. The number of carbonyl (C=O) groups excluding carboxylic acids is 1. The number of fused-ring (bicyclic) bond motifs is 1. The van der Waals surface area contributed by atoms with Crippen molar-refractivity contribution >= 4 is 23.2 Å². The smallest absolute Gasteiger partial charge is 0.338 e. The van der Waals surface area contributed by atoms with Gasteiger partial charge in [0.25, 0.3) is 5.56 Å². The van der Waals surface area contributed by atoms with Gasteiger partial charge in [-0.15, -0.1) is 0 Å². The van der Waals surface area contributed by atoms with Gasteiger partial charge in [0.15, 0.2) is 0 Å². The summed E-state index contributed by atoms with van der Waals surface area (Å²) in [4.78, 5) is 28.7. The molecular weight excluding hydrogens is 368 g/mol. The predicted octanol–water partition coefficient (Wildman–Crippen LogP) is 2.89. The highest BCUT2D eigenvalue weighted by molar-refractivity contribution is 6.30. The Labute approximate surface area is 158 Å². The molecule has 0 radical (unpaired) electrons. The largest absolute Gasteiger partial charge is 0.456 e. The lowest BCUT2D eigenvalue weighted by atomic mass is 10.2. The first kappa shape index (κ1) is 17.0. The third kappa shape index (κ3) is 3.58. The number of carbonyl (C=O) groups is 1. The molecule has 1 aromatic carbocycles. The molecule has 4 aromatic rings. The number of pyridine rings is 1. The average Bonchev–Trinajstić information content (AvgIpc) is 3.22. The van der Waals surface area contributed by atoms with Gasteiger partial charge < -0.3 is 4.74 Å². The fraction of sp³-hybridized carbons (Fsp3) is 0.0526. The van der Waals surface area contributed by atoms with E-state index in [1.165, 1.54) is 16.7 Å². The number of nitrogens with zero attached hydrogens (tertiary/aromatic N) is 4. The first-order valence-corrected chi connectivity index (χ1v) is 8.43. The SMILES string of the molecule is O=C(OCc1cc(=O)n2cc(Cl)ccc2n1)c1ccc(-n2cccn2)cc1. The molecule has 0 spiro atoms. The monoisotopic (exact) mass is 380 g/mol. The number of halogens is 1. The maximum absolute atomic E-state index is 12.2. The van der Waals surface area contributed by atoms with Crippen LogP contribution in [-0.4, -0.2) is 25.1 Å². The highest BCUT2D eigenvalue weighted by atomic mass is 35.5. The van der Waals surface area contributed by atoms with Crippen molar-refractivity contribution in [3.63, 3.8) is 0 Å². The summed E-state index contributed by atoms with van der Waals surface area (Å²) in [6, 6.07) is 13.3. The highest BCUT2D eigenvalue weighted by Gasteiger charge is 2.10. The summed E-state index contributed by atoms with van der Waals surface area (Å²) in [5, 5.41) is 4.56. The quantitative estimate of drug-likeness (QED) is 0.509. The third-order valence-electron chi connectivity index (χ3n) is 3.90. The molecule has 134 valence electrons. The Morgan fingerprint density at radius 3 is 2.70 bits per heavy atom. The van der Waals surface area contributed by atoms with Crippen molar-refractivity contribution in [1.29, 1.82) is 0 Å². The first-order chi connectivity index (χ1) is 13.1. The van der Waals surface area contributed by atoms with Crippen LogP contribution in [0.5, 0.6) is 0 Å². The molecule has 0 amide bonds. The van der Waals surface area contributed by atoms with E-state index in [4.69, 9.17) is 16.3 Å². The molecule has 4 rings (SSSR count). The van der Waals surface area contributed by atoms with E-state index >= 15 is 0 Å². The number of benzene rings is 1. The number of ether oxygens (including phenoxy) is 1. The normalized spacial score (nSPS) is 10.9. The molecule has 0 aliphatic carbocycles. The Bertz CT molecular complexity index is 1170. The lowest BCUT2D eigenvalue weighted by molar-refractivity contribution is 0.0467. The van der Waals surface area contributed by atoms with Gasteiger partial charge in [-0.05, 0) is 42.5 Å². The summed E-state index contributed by atoms with van der Waals surface area (Å²) >= 11 is 5.88. The molecule has 0 saturated carbocycles. The van der Waals surface area contributed by atoms with E-state index in [0.29, 0.717) is 21.9 Å². The van der Waals surface area contributed by atoms with Crippen molar-refractivity contribution in [2.75, 3.05) is 0 Å². The van der Waals surface area contributed by atoms with Crippen LogP contribution in [0.3, 0.4) is 0 Å². The van der Waals surface area contributed by atoms with Gasteiger partial charge in [-0.25, -0.2) is 14.5 Å². The summed E-state index contributed by atoms with van der Waals surface area (Å²) in [7, 11) is 0. The molecular formula is C19H13ClN4O3. The van der Waals surface area contributed by atoms with Gasteiger partial charge in [0, 0.05) is 24.7 Å². The number of hydrogen-bond donors (Lipinski definition) is 0. The predicted molar refractivity (Wildman–Crippen MR) is 99.2 cm³/mol. The van der Waals surface area contributed by atoms with E-state index in [9.17, 15) is 9.59 Å². The molecule has 8 heteroatoms. The van der Waals surface area contributed by atoms with Crippen LogP contribution in [0.15, 0.2) is 71.9 Å². The molecule has 0 aliphatic rings. The third-order valence-corrected chi connectivity index (χ3v) is 4.12. The number of rotatable bonds is 4. The zero-order chi connectivity index (χ0) is 18.8. The van der Waals surface area contributed by atoms with E-state index in [1.54, 1.807) is 47.3 Å². The van der Waals surface area contributed by atoms with Gasteiger partial charge >= 0.3 is 5.97 Å². The maximum atomic E-state index is 12.2. The van der Waals surface area contributed by atoms with E-state index in [0.717, 1.165) is 5.69 Å². The second-order valence-corrected chi connectivity index (χ2v) is 6.17. The van der Waals surface area contributed by atoms with Crippen molar-refractivity contribution in [1.82, 2.24) is 19.2 Å². The number of aromatic nitrogens is 4. The minimum atomic E-state index is -0.500. The van der Waals surface area contributed by atoms with Crippen molar-refractivity contribution < 1.29 is 9.53 Å². The van der Waals surface area contributed by atoms with Crippen LogP contribution in [0.25, 0.3) is 11.3 Å². The molecule has 0 saturated heterocycles. The molecule has 0 aliphatic heterocycles. The Kier molecular flexibility index (Phi) is 4.43. The Balaban J connectivity index is 1.48. The van der Waals surface area contributed by atoms with Gasteiger partial charge in [-0.3, -0.25) is 9.20 Å². The topological polar surface area (TPSA) is 78.5 Å². The minimum absolute atomic E-state index is 0.103. The van der Waals surface area contributed by atoms with E-state index in [-0.39, 0.29) is 12.2 Å². The fourth-order valence-electron chi connectivity index (χ4n) is 2.59. The van der Waals surface area contributed by atoms with Crippen LogP contribution in [0, 0.1) is 0 Å². The Morgan fingerprint density at radius 2 is 1.96 bits per heavy atom. The lowest BCUT2D eigenvalue weighted by Gasteiger charge is -2.07. The van der Waals surface area contributed by atoms with Crippen LogP contribution in [0.1, 0.15) is 16.1 Å². The molecule has 7 nitrogen and oxygen atoms in total. The standard InChI is InChI=1S/C19H13ClN4O3/c20-14-4-7-17-22-15(10-18(25)23(17)11-14)12-27-19(26)13-2-5-16(6-3-13)24-9-1-8-21-24/h1-11H,12H2. The molecule has 0 fully saturated rings. The van der Waals surface area contributed by atoms with Gasteiger partial charge in [0.1, 0.15) is 12.3 Å². The summed E-state index contributed by atoms with van der Waals surface area (Å²) in [6.07, 6.45) is 4.98. The fourth-order valence-corrected chi connectivity index (χ4v) is 2.76. The average molecular weight is 381 g/mol. The Morgan fingerprint density at radius 1 is 1.15 bits per heavy atom. The second kappa shape index (κ2) is 7.05. The minimum Gasteiger partial charge on any atom is -0.456 e. The molecule has 3 aromatic heterocycles. The van der Waals surface area contributed by atoms with E-state index < -0.39 is 5.97 Å². The highest BCUT2D eigenvalue weighted by Crippen LogP contribution is 2.11. The molecule has 0 unspecified atom stereocenters. The van der Waals surface area contributed by atoms with E-state index in [1.807, 2.05) is 12.3 Å². The van der Waals surface area contributed by atoms with Gasteiger partial charge in [-0.2, -0.15) is 5.10 Å². The summed E-state index contributed by atoms with van der Waals surface area (Å²) in [5.41, 5.74) is 1.73. The van der Waals surface area contributed by atoms with Crippen LogP contribution >= 0.6 is 11.6 Å². The van der Waals surface area contributed by atoms with Crippen molar-refractivity contribution in [3.8, 4) is 5.69 Å². The summed E-state index contributed by atoms with van der Waals surface area (Å²) in [6.45, 7) is -0.103. The molecule has 27 heavy (non-hydrogen) atoms. The Hall–Kier alpha value is -3.45. The van der Waals surface area contributed by atoms with E-state index in [2.05, 4.69) is 10.1 Å². The van der Waals surface area contributed by atoms with Crippen LogP contribution in [-0.2, 0) is 11.3 Å². The zero-order valence-electron chi connectivity index (χ0n) is 13.9. The van der Waals surface area contributed by atoms with Gasteiger partial charge in [0.2, 0.25) is 0 Å². The first-order valence-electron chi connectivity index (χ1n) is 8.05. The van der Waals surface area contributed by atoms with Crippen LogP contribution < -0.4 is 5.56 Å². The van der Waals surface area contributed by atoms with Crippen molar-refractivity contribution in [2.45, 2.75) is 6.61 Å². The number of esters is 1. The maximum Gasteiger partial charge on any atom is 0.338 e. The van der Waals surface area contributed by atoms with Crippen molar-refractivity contribution in [3.05, 3.63) is 93.8 Å².